The molecule has 0 aliphatic heterocycles. The van der Waals surface area contributed by atoms with Crippen molar-refractivity contribution in [2.24, 2.45) is 0 Å². The van der Waals surface area contributed by atoms with Crippen molar-refractivity contribution >= 4 is 11.7 Å². The van der Waals surface area contributed by atoms with Crippen LogP contribution < -0.4 is 5.32 Å². The van der Waals surface area contributed by atoms with Crippen molar-refractivity contribution in [1.29, 1.82) is 0 Å². The van der Waals surface area contributed by atoms with E-state index in [0.29, 0.717) is 0 Å². The maximum absolute atomic E-state index is 12.2. The maximum atomic E-state index is 12.2. The monoisotopic (exact) mass is 292 g/mol. The summed E-state index contributed by atoms with van der Waals surface area (Å²) in [6.07, 6.45) is -4.21. The van der Waals surface area contributed by atoms with Crippen LogP contribution in [0.15, 0.2) is 6.20 Å². The minimum absolute atomic E-state index is 0.437. The molecule has 1 atom stereocenters. The van der Waals surface area contributed by atoms with E-state index in [-0.39, 0.29) is 0 Å². The lowest BCUT2D eigenvalue weighted by atomic mass is 10.1. The van der Waals surface area contributed by atoms with Gasteiger partial charge in [0.15, 0.2) is 5.69 Å². The largest absolute Gasteiger partial charge is 0.456 e. The molecule has 0 bridgehead atoms. The first-order chi connectivity index (χ1) is 8.92. The number of nitrogens with one attached hydrogen (secondary N) is 1. The molecule has 1 aromatic rings. The summed E-state index contributed by atoms with van der Waals surface area (Å²) in [6, 6.07) is -0.878. The number of ketones is 1. The summed E-state index contributed by atoms with van der Waals surface area (Å²) in [6.45, 7) is 6.73. The lowest BCUT2D eigenvalue weighted by Gasteiger charge is -2.23. The maximum Gasteiger partial charge on any atom is 0.456 e. The van der Waals surface area contributed by atoms with Crippen LogP contribution in [0.1, 0.15) is 44.2 Å². The number of hydrogen-bond donors (Lipinski definition) is 1. The summed E-state index contributed by atoms with van der Waals surface area (Å²) in [5.74, 6) is -2.53. The molecule has 0 fully saturated rings. The van der Waals surface area contributed by atoms with Crippen molar-refractivity contribution in [2.75, 3.05) is 0 Å². The zero-order valence-corrected chi connectivity index (χ0v) is 11.4. The van der Waals surface area contributed by atoms with E-state index < -0.39 is 35.1 Å². The van der Waals surface area contributed by atoms with Gasteiger partial charge in [0.2, 0.25) is 5.91 Å². The summed E-state index contributed by atoms with van der Waals surface area (Å²) in [4.78, 5) is 22.8. The van der Waals surface area contributed by atoms with Gasteiger partial charge in [-0.1, -0.05) is 5.21 Å². The van der Waals surface area contributed by atoms with Gasteiger partial charge in [-0.15, -0.1) is 5.10 Å². The highest BCUT2D eigenvalue weighted by Gasteiger charge is 2.41. The van der Waals surface area contributed by atoms with Crippen LogP contribution in [0.4, 0.5) is 13.2 Å². The van der Waals surface area contributed by atoms with Crippen molar-refractivity contribution in [3.05, 3.63) is 11.9 Å². The van der Waals surface area contributed by atoms with Crippen molar-refractivity contribution in [3.63, 3.8) is 0 Å². The Morgan fingerprint density at radius 1 is 1.30 bits per heavy atom. The van der Waals surface area contributed by atoms with Gasteiger partial charge < -0.3 is 5.32 Å². The number of amides is 1. The van der Waals surface area contributed by atoms with Crippen LogP contribution in [0.5, 0.6) is 0 Å². The summed E-state index contributed by atoms with van der Waals surface area (Å²) < 4.78 is 37.6. The molecular weight excluding hydrogens is 277 g/mol. The van der Waals surface area contributed by atoms with Gasteiger partial charge in [0.1, 0.15) is 6.04 Å². The molecule has 1 amide bonds. The molecule has 1 unspecified atom stereocenters. The number of Topliss-reactive ketones (excluding diaryl/α,β-unsaturated/α-hetero) is 1. The van der Waals surface area contributed by atoms with Crippen molar-refractivity contribution in [2.45, 2.75) is 45.5 Å². The molecule has 1 heterocycles. The molecule has 0 saturated heterocycles. The second kappa shape index (κ2) is 5.22. The number of carbonyl (C=O) groups is 2. The van der Waals surface area contributed by atoms with E-state index in [1.54, 1.807) is 20.8 Å². The molecule has 0 radical (unpaired) electrons. The van der Waals surface area contributed by atoms with Gasteiger partial charge in [-0.2, -0.15) is 13.2 Å². The van der Waals surface area contributed by atoms with Gasteiger partial charge >= 0.3 is 6.18 Å². The van der Waals surface area contributed by atoms with Crippen molar-refractivity contribution in [1.82, 2.24) is 20.3 Å². The molecule has 0 aromatic carbocycles. The average Bonchev–Trinajstić information content (AvgIpc) is 2.72. The standard InChI is InChI=1S/C11H15F3N4O2/c1-6(9(20)15-10(2,3)4)18-5-7(16-17-18)8(19)11(12,13)14/h5-6H,1-4H3,(H,15,20). The van der Waals surface area contributed by atoms with Gasteiger partial charge in [-0.05, 0) is 27.7 Å². The fourth-order valence-electron chi connectivity index (χ4n) is 1.31. The quantitative estimate of drug-likeness (QED) is 0.856. The van der Waals surface area contributed by atoms with Crippen molar-refractivity contribution in [3.8, 4) is 0 Å². The third-order valence-electron chi connectivity index (χ3n) is 2.27. The van der Waals surface area contributed by atoms with Gasteiger partial charge in [-0.25, -0.2) is 4.68 Å². The first kappa shape index (κ1) is 16.1. The normalized spacial score (nSPS) is 13.9. The number of nitrogens with zero attached hydrogens (tertiary/aromatic N) is 3. The Balaban J connectivity index is 2.87. The molecule has 0 spiro atoms. The topological polar surface area (TPSA) is 76.9 Å². The van der Waals surface area contributed by atoms with Crippen LogP contribution in [0.2, 0.25) is 0 Å². The molecule has 0 saturated carbocycles. The molecule has 1 rings (SSSR count). The van der Waals surface area contributed by atoms with Crippen LogP contribution in [0.25, 0.3) is 0 Å². The third kappa shape index (κ3) is 4.04. The predicted molar refractivity (Wildman–Crippen MR) is 63.0 cm³/mol. The number of halogens is 3. The smallest absolute Gasteiger partial charge is 0.350 e. The second-order valence-electron chi connectivity index (χ2n) is 5.33. The molecular formula is C11H15F3N4O2. The summed E-state index contributed by atoms with van der Waals surface area (Å²) in [5, 5.41) is 9.18. The van der Waals surface area contributed by atoms with E-state index in [9.17, 15) is 22.8 Å². The zero-order chi connectivity index (χ0) is 15.7. The highest BCUT2D eigenvalue weighted by atomic mass is 19.4. The molecule has 6 nitrogen and oxygen atoms in total. The van der Waals surface area contributed by atoms with Crippen molar-refractivity contribution < 1.29 is 22.8 Å². The second-order valence-corrected chi connectivity index (χ2v) is 5.33. The van der Waals surface area contributed by atoms with Gasteiger partial charge in [-0.3, -0.25) is 9.59 Å². The first-order valence-corrected chi connectivity index (χ1v) is 5.77. The van der Waals surface area contributed by atoms with Gasteiger partial charge in [0.25, 0.3) is 5.78 Å². The number of carbonyl (C=O) groups excluding carboxylic acids is 2. The molecule has 1 N–H and O–H groups in total. The Bertz CT molecular complexity index is 516. The van der Waals surface area contributed by atoms with E-state index >= 15 is 0 Å². The SMILES string of the molecule is CC(C(=O)NC(C)(C)C)n1cc(C(=O)C(F)(F)F)nn1. The number of alkyl halides is 3. The average molecular weight is 292 g/mol. The van der Waals surface area contributed by atoms with Crippen LogP contribution >= 0.6 is 0 Å². The molecule has 0 aliphatic carbocycles. The van der Waals surface area contributed by atoms with E-state index in [4.69, 9.17) is 0 Å². The summed E-state index contributed by atoms with van der Waals surface area (Å²) in [7, 11) is 0. The number of rotatable bonds is 3. The van der Waals surface area contributed by atoms with Crippen LogP contribution in [0.3, 0.4) is 0 Å². The Labute approximate surface area is 113 Å². The Morgan fingerprint density at radius 2 is 1.85 bits per heavy atom. The predicted octanol–water partition coefficient (Wildman–Crippen LogP) is 1.50. The highest BCUT2D eigenvalue weighted by molar-refractivity contribution is 5.98. The van der Waals surface area contributed by atoms with Gasteiger partial charge in [0, 0.05) is 5.54 Å². The summed E-state index contributed by atoms with van der Waals surface area (Å²) in [5.41, 5.74) is -1.33. The lowest BCUT2D eigenvalue weighted by Crippen LogP contribution is -2.43. The third-order valence-corrected chi connectivity index (χ3v) is 2.27. The summed E-state index contributed by atoms with van der Waals surface area (Å²) >= 11 is 0. The van der Waals surface area contributed by atoms with Crippen LogP contribution in [-0.2, 0) is 4.79 Å². The lowest BCUT2D eigenvalue weighted by molar-refractivity contribution is -0.125. The minimum Gasteiger partial charge on any atom is -0.350 e. The fourth-order valence-corrected chi connectivity index (χ4v) is 1.31. The Kier molecular flexibility index (Phi) is 4.21. The first-order valence-electron chi connectivity index (χ1n) is 5.77. The van der Waals surface area contributed by atoms with Crippen LogP contribution in [-0.4, -0.2) is 38.4 Å². The molecule has 1 aromatic heterocycles. The van der Waals surface area contributed by atoms with E-state index in [2.05, 4.69) is 15.6 Å². The van der Waals surface area contributed by atoms with E-state index in [0.717, 1.165) is 10.9 Å². The van der Waals surface area contributed by atoms with Gasteiger partial charge in [0.05, 0.1) is 6.20 Å². The zero-order valence-electron chi connectivity index (χ0n) is 11.4. The minimum atomic E-state index is -5.02. The number of hydrogen-bond acceptors (Lipinski definition) is 4. The molecule has 112 valence electrons. The highest BCUT2D eigenvalue weighted by Crippen LogP contribution is 2.20. The number of aromatic nitrogens is 3. The Morgan fingerprint density at radius 3 is 2.30 bits per heavy atom. The van der Waals surface area contributed by atoms with E-state index in [1.807, 2.05) is 0 Å². The van der Waals surface area contributed by atoms with Crippen LogP contribution in [0, 0.1) is 0 Å². The molecule has 20 heavy (non-hydrogen) atoms. The molecule has 9 heteroatoms. The molecule has 0 aliphatic rings. The van der Waals surface area contributed by atoms with E-state index in [1.165, 1.54) is 6.92 Å². The Hall–Kier alpha value is -1.93. The fraction of sp³-hybridized carbons (Fsp3) is 0.636.